The molecule has 0 atom stereocenters. The van der Waals surface area contributed by atoms with Crippen molar-refractivity contribution in [3.05, 3.63) is 32.7 Å². The van der Waals surface area contributed by atoms with Gasteiger partial charge in [0.1, 0.15) is 0 Å². The highest BCUT2D eigenvalue weighted by Gasteiger charge is 2.24. The quantitative estimate of drug-likeness (QED) is 0.699. The summed E-state index contributed by atoms with van der Waals surface area (Å²) in [4.78, 5) is 12.0. The van der Waals surface area contributed by atoms with E-state index in [1.54, 1.807) is 0 Å². The molecule has 0 fully saturated rings. The van der Waals surface area contributed by atoms with Gasteiger partial charge in [0.15, 0.2) is 5.78 Å². The lowest BCUT2D eigenvalue weighted by atomic mass is 9.87. The highest BCUT2D eigenvalue weighted by molar-refractivity contribution is 9.11. The van der Waals surface area contributed by atoms with Gasteiger partial charge in [-0.05, 0) is 18.2 Å². The fraction of sp³-hybridized carbons (Fsp3) is 0.364. The first kappa shape index (κ1) is 11.9. The van der Waals surface area contributed by atoms with Gasteiger partial charge < -0.3 is 0 Å². The number of hydrogen-bond acceptors (Lipinski definition) is 1. The van der Waals surface area contributed by atoms with Crippen molar-refractivity contribution in [2.24, 2.45) is 5.41 Å². The second kappa shape index (κ2) is 4.15. The molecule has 0 spiro atoms. The maximum absolute atomic E-state index is 12.0. The molecule has 0 heterocycles. The van der Waals surface area contributed by atoms with E-state index in [1.807, 2.05) is 39.0 Å². The first-order chi connectivity index (χ1) is 6.32. The van der Waals surface area contributed by atoms with Gasteiger partial charge in [-0.1, -0.05) is 52.6 Å². The lowest BCUT2D eigenvalue weighted by Crippen LogP contribution is -2.20. The highest BCUT2D eigenvalue weighted by Crippen LogP contribution is 2.28. The maximum atomic E-state index is 12.0. The van der Waals surface area contributed by atoms with Crippen LogP contribution in [0.3, 0.4) is 0 Å². The molecule has 0 saturated heterocycles. The van der Waals surface area contributed by atoms with E-state index in [0.717, 1.165) is 14.5 Å². The van der Waals surface area contributed by atoms with E-state index in [2.05, 4.69) is 31.9 Å². The molecule has 0 N–H and O–H groups in total. The third kappa shape index (κ3) is 2.67. The molecule has 0 saturated carbocycles. The van der Waals surface area contributed by atoms with E-state index in [4.69, 9.17) is 0 Å². The Morgan fingerprint density at radius 1 is 1.21 bits per heavy atom. The Balaban J connectivity index is 3.19. The van der Waals surface area contributed by atoms with Gasteiger partial charge in [0, 0.05) is 19.9 Å². The molecule has 14 heavy (non-hydrogen) atoms. The third-order valence-electron chi connectivity index (χ3n) is 1.85. The van der Waals surface area contributed by atoms with Crippen molar-refractivity contribution in [2.75, 3.05) is 0 Å². The van der Waals surface area contributed by atoms with Gasteiger partial charge in [0.2, 0.25) is 0 Å². The monoisotopic (exact) mass is 318 g/mol. The fourth-order valence-electron chi connectivity index (χ4n) is 1.08. The first-order valence-electron chi connectivity index (χ1n) is 4.32. The number of Topliss-reactive ketones (excluding diaryl/α,β-unsaturated/α-hetero) is 1. The fourth-order valence-corrected chi connectivity index (χ4v) is 1.86. The van der Waals surface area contributed by atoms with Gasteiger partial charge in [-0.15, -0.1) is 0 Å². The number of hydrogen-bond donors (Lipinski definition) is 0. The summed E-state index contributed by atoms with van der Waals surface area (Å²) >= 11 is 6.74. The average molecular weight is 320 g/mol. The van der Waals surface area contributed by atoms with Crippen molar-refractivity contribution in [1.82, 2.24) is 0 Å². The van der Waals surface area contributed by atoms with Gasteiger partial charge >= 0.3 is 0 Å². The van der Waals surface area contributed by atoms with Crippen LogP contribution in [0.1, 0.15) is 31.1 Å². The smallest absolute Gasteiger partial charge is 0.169 e. The molecule has 0 aromatic heterocycles. The molecule has 0 bridgehead atoms. The molecule has 0 radical (unpaired) electrons. The third-order valence-corrected chi connectivity index (χ3v) is 3.04. The molecule has 1 aromatic rings. The highest BCUT2D eigenvalue weighted by atomic mass is 79.9. The van der Waals surface area contributed by atoms with E-state index in [9.17, 15) is 4.79 Å². The maximum Gasteiger partial charge on any atom is 0.169 e. The summed E-state index contributed by atoms with van der Waals surface area (Å²) in [6.07, 6.45) is 0. The molecule has 0 aliphatic rings. The molecule has 3 heteroatoms. The number of carbonyl (C=O) groups is 1. The van der Waals surface area contributed by atoms with Crippen LogP contribution >= 0.6 is 31.9 Å². The van der Waals surface area contributed by atoms with Crippen LogP contribution in [0.15, 0.2) is 27.1 Å². The van der Waals surface area contributed by atoms with Crippen LogP contribution in [-0.4, -0.2) is 5.78 Å². The van der Waals surface area contributed by atoms with Crippen molar-refractivity contribution in [3.63, 3.8) is 0 Å². The zero-order chi connectivity index (χ0) is 10.9. The van der Waals surface area contributed by atoms with Crippen molar-refractivity contribution in [1.29, 1.82) is 0 Å². The Labute approximate surface area is 101 Å². The molecule has 0 aliphatic heterocycles. The van der Waals surface area contributed by atoms with Gasteiger partial charge in [-0.2, -0.15) is 0 Å². The second-order valence-electron chi connectivity index (χ2n) is 4.20. The zero-order valence-electron chi connectivity index (χ0n) is 8.40. The number of benzene rings is 1. The Hall–Kier alpha value is -0.150. The summed E-state index contributed by atoms with van der Waals surface area (Å²) in [6, 6.07) is 5.63. The van der Waals surface area contributed by atoms with E-state index < -0.39 is 0 Å². The molecule has 0 aliphatic carbocycles. The van der Waals surface area contributed by atoms with Gasteiger partial charge in [-0.25, -0.2) is 0 Å². The molecule has 1 aromatic carbocycles. The summed E-state index contributed by atoms with van der Waals surface area (Å²) in [5.74, 6) is 0.144. The second-order valence-corrected chi connectivity index (χ2v) is 5.97. The standard InChI is InChI=1S/C11H12Br2O/c1-11(2,3)10(14)8-6-7(12)4-5-9(8)13/h4-6H,1-3H3. The predicted octanol–water partition coefficient (Wildman–Crippen LogP) is 4.44. The van der Waals surface area contributed by atoms with Crippen LogP contribution in [0.2, 0.25) is 0 Å². The van der Waals surface area contributed by atoms with Crippen molar-refractivity contribution < 1.29 is 4.79 Å². The Morgan fingerprint density at radius 2 is 1.79 bits per heavy atom. The molecular formula is C11H12Br2O. The van der Waals surface area contributed by atoms with E-state index in [0.29, 0.717) is 0 Å². The zero-order valence-corrected chi connectivity index (χ0v) is 11.6. The van der Waals surface area contributed by atoms with E-state index in [1.165, 1.54) is 0 Å². The Kier molecular flexibility index (Phi) is 3.53. The van der Waals surface area contributed by atoms with Crippen LogP contribution < -0.4 is 0 Å². The minimum absolute atomic E-state index is 0.144. The summed E-state index contributed by atoms with van der Waals surface area (Å²) in [5, 5.41) is 0. The van der Waals surface area contributed by atoms with E-state index in [-0.39, 0.29) is 11.2 Å². The normalized spacial score (nSPS) is 11.5. The van der Waals surface area contributed by atoms with Gasteiger partial charge in [0.25, 0.3) is 0 Å². The lowest BCUT2D eigenvalue weighted by molar-refractivity contribution is 0.0857. The van der Waals surface area contributed by atoms with Crippen molar-refractivity contribution in [3.8, 4) is 0 Å². The minimum atomic E-state index is -0.344. The molecule has 1 nitrogen and oxygen atoms in total. The minimum Gasteiger partial charge on any atom is -0.294 e. The van der Waals surface area contributed by atoms with Crippen LogP contribution in [0.5, 0.6) is 0 Å². The van der Waals surface area contributed by atoms with Gasteiger partial charge in [0.05, 0.1) is 0 Å². The summed E-state index contributed by atoms with van der Waals surface area (Å²) in [5.41, 5.74) is 0.385. The lowest BCUT2D eigenvalue weighted by Gasteiger charge is -2.17. The van der Waals surface area contributed by atoms with Crippen molar-refractivity contribution >= 4 is 37.6 Å². The van der Waals surface area contributed by atoms with Crippen LogP contribution in [0.4, 0.5) is 0 Å². The number of carbonyl (C=O) groups excluding carboxylic acids is 1. The summed E-state index contributed by atoms with van der Waals surface area (Å²) in [6.45, 7) is 5.76. The SMILES string of the molecule is CC(C)(C)C(=O)c1cc(Br)ccc1Br. The van der Waals surface area contributed by atoms with Crippen LogP contribution in [0, 0.1) is 5.41 Å². The topological polar surface area (TPSA) is 17.1 Å². The summed E-state index contributed by atoms with van der Waals surface area (Å²) < 4.78 is 1.77. The van der Waals surface area contributed by atoms with E-state index >= 15 is 0 Å². The number of ketones is 1. The van der Waals surface area contributed by atoms with Crippen molar-refractivity contribution in [2.45, 2.75) is 20.8 Å². The predicted molar refractivity (Wildman–Crippen MR) is 65.6 cm³/mol. The molecule has 1 rings (SSSR count). The molecule has 0 unspecified atom stereocenters. The summed E-state index contributed by atoms with van der Waals surface area (Å²) in [7, 11) is 0. The molecular weight excluding hydrogens is 308 g/mol. The average Bonchev–Trinajstić information content (AvgIpc) is 2.06. The molecule has 0 amide bonds. The Bertz CT molecular complexity index is 364. The number of halogens is 2. The van der Waals surface area contributed by atoms with Gasteiger partial charge in [-0.3, -0.25) is 4.79 Å². The molecule has 76 valence electrons. The number of rotatable bonds is 1. The Morgan fingerprint density at radius 3 is 2.29 bits per heavy atom. The van der Waals surface area contributed by atoms with Crippen LogP contribution in [-0.2, 0) is 0 Å². The van der Waals surface area contributed by atoms with Crippen LogP contribution in [0.25, 0.3) is 0 Å². The first-order valence-corrected chi connectivity index (χ1v) is 5.91. The largest absolute Gasteiger partial charge is 0.294 e.